The third-order valence-electron chi connectivity index (χ3n) is 4.13. The Balaban J connectivity index is 1.97. The largest absolute Gasteiger partial charge is 0.480 e. The molecule has 0 aliphatic rings. The summed E-state index contributed by atoms with van der Waals surface area (Å²) < 4.78 is 6.30. The third-order valence-corrected chi connectivity index (χ3v) is 4.13. The maximum atomic E-state index is 12.0. The zero-order chi connectivity index (χ0) is 20.0. The number of carbonyl (C=O) groups excluding carboxylic acids is 1. The van der Waals surface area contributed by atoms with Crippen LogP contribution in [0.3, 0.4) is 0 Å². The zero-order valence-electron chi connectivity index (χ0n) is 14.8. The fourth-order valence-electron chi connectivity index (χ4n) is 2.71. The molecule has 1 heterocycles. The van der Waals surface area contributed by atoms with Gasteiger partial charge in [-0.1, -0.05) is 19.8 Å². The van der Waals surface area contributed by atoms with E-state index in [2.05, 4.69) is 5.32 Å². The summed E-state index contributed by atoms with van der Waals surface area (Å²) in [7, 11) is 0. The van der Waals surface area contributed by atoms with Crippen LogP contribution in [0.4, 0.5) is 5.69 Å². The lowest BCUT2D eigenvalue weighted by atomic mass is 10.1. The predicted octanol–water partition coefficient (Wildman–Crippen LogP) is 2.04. The number of nitrogens with one attached hydrogen (secondary N) is 1. The number of carboxylic acid groups (broad SMARTS) is 1. The molecule has 1 atom stereocenters. The Hall–Kier alpha value is -3.17. The van der Waals surface area contributed by atoms with Gasteiger partial charge in [0, 0.05) is 19.0 Å². The average Bonchev–Trinajstić information content (AvgIpc) is 2.93. The SMILES string of the molecule is CCCCC(NC(=O)CCCn1c(=O)oc2cc([N+](=O)[O-])ccc21)C(=O)O. The van der Waals surface area contributed by atoms with Crippen LogP contribution < -0.4 is 11.1 Å². The molecule has 1 aromatic carbocycles. The molecule has 0 radical (unpaired) electrons. The number of hydrogen-bond donors (Lipinski definition) is 2. The van der Waals surface area contributed by atoms with Gasteiger partial charge >= 0.3 is 11.7 Å². The molecule has 10 heteroatoms. The molecule has 1 amide bonds. The molecule has 0 saturated heterocycles. The Bertz CT molecular complexity index is 900. The fourth-order valence-corrected chi connectivity index (χ4v) is 2.71. The first-order chi connectivity index (χ1) is 12.8. The van der Waals surface area contributed by atoms with Crippen molar-refractivity contribution in [3.8, 4) is 0 Å². The van der Waals surface area contributed by atoms with Gasteiger partial charge in [-0.15, -0.1) is 0 Å². The number of fused-ring (bicyclic) bond motifs is 1. The van der Waals surface area contributed by atoms with Crippen LogP contribution in [0.25, 0.3) is 11.1 Å². The van der Waals surface area contributed by atoms with Crippen molar-refractivity contribution in [1.82, 2.24) is 9.88 Å². The number of nitro groups is 1. The maximum absolute atomic E-state index is 12.0. The van der Waals surface area contributed by atoms with Gasteiger partial charge in [-0.2, -0.15) is 0 Å². The van der Waals surface area contributed by atoms with Crippen LogP contribution in [0, 0.1) is 10.1 Å². The van der Waals surface area contributed by atoms with Gasteiger partial charge in [0.2, 0.25) is 5.91 Å². The molecule has 0 spiro atoms. The summed E-state index contributed by atoms with van der Waals surface area (Å²) >= 11 is 0. The summed E-state index contributed by atoms with van der Waals surface area (Å²) in [6, 6.07) is 2.94. The van der Waals surface area contributed by atoms with Crippen molar-refractivity contribution in [3.63, 3.8) is 0 Å². The number of benzene rings is 1. The average molecular weight is 379 g/mol. The summed E-state index contributed by atoms with van der Waals surface area (Å²) in [6.07, 6.45) is 2.22. The molecule has 146 valence electrons. The van der Waals surface area contributed by atoms with Crippen molar-refractivity contribution < 1.29 is 24.0 Å². The highest BCUT2D eigenvalue weighted by Gasteiger charge is 2.19. The second-order valence-electron chi connectivity index (χ2n) is 6.13. The lowest BCUT2D eigenvalue weighted by molar-refractivity contribution is -0.384. The van der Waals surface area contributed by atoms with Crippen LogP contribution in [-0.2, 0) is 16.1 Å². The van der Waals surface area contributed by atoms with Crippen molar-refractivity contribution >= 4 is 28.7 Å². The number of carboxylic acids is 1. The number of non-ortho nitro benzene ring substituents is 1. The minimum Gasteiger partial charge on any atom is -0.480 e. The number of amides is 1. The highest BCUT2D eigenvalue weighted by Crippen LogP contribution is 2.20. The van der Waals surface area contributed by atoms with Gasteiger partial charge in [0.1, 0.15) is 6.04 Å². The summed E-state index contributed by atoms with van der Waals surface area (Å²) in [4.78, 5) is 45.2. The minimum atomic E-state index is -1.07. The monoisotopic (exact) mass is 379 g/mol. The van der Waals surface area contributed by atoms with E-state index in [1.165, 1.54) is 22.8 Å². The molecule has 2 aromatic rings. The number of aryl methyl sites for hydroxylation is 1. The summed E-state index contributed by atoms with van der Waals surface area (Å²) in [5.74, 6) is -2.15. The molecule has 1 unspecified atom stereocenters. The van der Waals surface area contributed by atoms with Gasteiger partial charge in [-0.3, -0.25) is 19.5 Å². The number of unbranched alkanes of at least 4 members (excludes halogenated alkanes) is 1. The number of nitrogens with zero attached hydrogens (tertiary/aromatic N) is 2. The predicted molar refractivity (Wildman–Crippen MR) is 95.5 cm³/mol. The van der Waals surface area contributed by atoms with Crippen molar-refractivity contribution in [1.29, 1.82) is 0 Å². The lowest BCUT2D eigenvalue weighted by Gasteiger charge is -2.14. The quantitative estimate of drug-likeness (QED) is 0.474. The molecular weight excluding hydrogens is 358 g/mol. The zero-order valence-corrected chi connectivity index (χ0v) is 14.8. The van der Waals surface area contributed by atoms with Crippen LogP contribution in [0.15, 0.2) is 27.4 Å². The number of aromatic nitrogens is 1. The second kappa shape index (κ2) is 8.97. The van der Waals surface area contributed by atoms with Gasteiger partial charge in [0.25, 0.3) is 5.69 Å². The molecule has 10 nitrogen and oxygen atoms in total. The van der Waals surface area contributed by atoms with Crippen molar-refractivity contribution in [3.05, 3.63) is 38.9 Å². The minimum absolute atomic E-state index is 0.0437. The van der Waals surface area contributed by atoms with Gasteiger partial charge in [-0.25, -0.2) is 9.59 Å². The number of carbonyl (C=O) groups is 2. The van der Waals surface area contributed by atoms with Crippen LogP contribution in [0.5, 0.6) is 0 Å². The number of aliphatic carboxylic acids is 1. The van der Waals surface area contributed by atoms with E-state index < -0.39 is 28.6 Å². The maximum Gasteiger partial charge on any atom is 0.419 e. The first-order valence-electron chi connectivity index (χ1n) is 8.63. The molecule has 1 aromatic heterocycles. The lowest BCUT2D eigenvalue weighted by Crippen LogP contribution is -2.40. The van der Waals surface area contributed by atoms with Crippen molar-refractivity contribution in [2.24, 2.45) is 0 Å². The third kappa shape index (κ3) is 5.16. The number of nitro benzene ring substituents is 1. The Morgan fingerprint density at radius 3 is 2.74 bits per heavy atom. The van der Waals surface area contributed by atoms with E-state index >= 15 is 0 Å². The molecular formula is C17H21N3O7. The Morgan fingerprint density at radius 2 is 2.11 bits per heavy atom. The summed E-state index contributed by atoms with van der Waals surface area (Å²) in [6.45, 7) is 2.10. The standard InChI is InChI=1S/C17H21N3O7/c1-2-3-5-12(16(22)23)18-15(21)6-4-9-19-13-8-7-11(20(25)26)10-14(13)27-17(19)24/h7-8,10,12H,2-6,9H2,1H3,(H,18,21)(H,22,23). The highest BCUT2D eigenvalue weighted by molar-refractivity contribution is 5.83. The van der Waals surface area contributed by atoms with Crippen LogP contribution in [0.1, 0.15) is 39.0 Å². The normalized spacial score (nSPS) is 12.0. The first kappa shape index (κ1) is 20.1. The molecule has 2 N–H and O–H groups in total. The van der Waals surface area contributed by atoms with Gasteiger partial charge in [-0.05, 0) is 18.9 Å². The Labute approximate surface area is 153 Å². The summed E-state index contributed by atoms with van der Waals surface area (Å²) in [5, 5.41) is 22.4. The fraction of sp³-hybridized carbons (Fsp3) is 0.471. The van der Waals surface area contributed by atoms with E-state index in [4.69, 9.17) is 9.52 Å². The molecule has 0 aliphatic carbocycles. The van der Waals surface area contributed by atoms with Crippen molar-refractivity contribution in [2.75, 3.05) is 0 Å². The number of oxazole rings is 1. The van der Waals surface area contributed by atoms with E-state index in [-0.39, 0.29) is 30.7 Å². The van der Waals surface area contributed by atoms with Crippen LogP contribution >= 0.6 is 0 Å². The molecule has 0 fully saturated rings. The van der Waals surface area contributed by atoms with E-state index in [9.17, 15) is 24.5 Å². The molecule has 0 aliphatic heterocycles. The van der Waals surface area contributed by atoms with E-state index in [1.54, 1.807) is 0 Å². The topological polar surface area (TPSA) is 145 Å². The van der Waals surface area contributed by atoms with E-state index in [0.29, 0.717) is 18.4 Å². The second-order valence-corrected chi connectivity index (χ2v) is 6.13. The molecule has 27 heavy (non-hydrogen) atoms. The van der Waals surface area contributed by atoms with Crippen LogP contribution in [0.2, 0.25) is 0 Å². The molecule has 2 rings (SSSR count). The van der Waals surface area contributed by atoms with E-state index in [0.717, 1.165) is 6.42 Å². The number of rotatable bonds is 10. The number of hydrogen-bond acceptors (Lipinski definition) is 6. The highest BCUT2D eigenvalue weighted by atomic mass is 16.6. The molecule has 0 bridgehead atoms. The Kier molecular flexibility index (Phi) is 6.69. The smallest absolute Gasteiger partial charge is 0.419 e. The van der Waals surface area contributed by atoms with Crippen molar-refractivity contribution in [2.45, 2.75) is 51.6 Å². The first-order valence-corrected chi connectivity index (χ1v) is 8.63. The molecule has 0 saturated carbocycles. The Morgan fingerprint density at radius 1 is 1.37 bits per heavy atom. The van der Waals surface area contributed by atoms with Crippen LogP contribution in [-0.4, -0.2) is 32.5 Å². The van der Waals surface area contributed by atoms with Gasteiger partial charge in [0.05, 0.1) is 16.5 Å². The van der Waals surface area contributed by atoms with Gasteiger partial charge in [0.15, 0.2) is 5.58 Å². The van der Waals surface area contributed by atoms with E-state index in [1.807, 2.05) is 6.92 Å². The van der Waals surface area contributed by atoms with Gasteiger partial charge < -0.3 is 14.8 Å². The summed E-state index contributed by atoms with van der Waals surface area (Å²) in [5.41, 5.74) is 0.316.